The van der Waals surface area contributed by atoms with Gasteiger partial charge in [-0.1, -0.05) is 30.3 Å². The molecular weight excluding hydrogens is 388 g/mol. The number of hydrogen-bond donors (Lipinski definition) is 6. The molecule has 9 heteroatoms. The van der Waals surface area contributed by atoms with Gasteiger partial charge in [0.15, 0.2) is 0 Å². The minimum absolute atomic E-state index is 0.0381. The number of nitrogens with one attached hydrogen (secondary N) is 3. The molecule has 0 aliphatic rings. The topological polar surface area (TPSA) is 148 Å². The van der Waals surface area contributed by atoms with Gasteiger partial charge in [-0.25, -0.2) is 9.78 Å². The number of hydrogen-bond acceptors (Lipinski definition) is 5. The normalized spacial score (nSPS) is 15.2. The highest BCUT2D eigenvalue weighted by Gasteiger charge is 2.38. The van der Waals surface area contributed by atoms with Crippen molar-refractivity contribution < 1.29 is 24.9 Å². The Morgan fingerprint density at radius 3 is 2.60 bits per heavy atom. The third-order valence-corrected chi connectivity index (χ3v) is 5.00. The number of nitrogens with zero attached hydrogens (tertiary/aromatic N) is 1. The Kier molecular flexibility index (Phi) is 6.34. The number of carbonyl (C=O) groups is 2. The molecule has 2 heterocycles. The zero-order valence-corrected chi connectivity index (χ0v) is 16.4. The van der Waals surface area contributed by atoms with Crippen molar-refractivity contribution in [1.82, 2.24) is 20.6 Å². The maximum atomic E-state index is 13.1. The molecule has 0 spiro atoms. The van der Waals surface area contributed by atoms with Crippen LogP contribution in [-0.4, -0.2) is 55.5 Å². The fraction of sp³-hybridized carbons (Fsp3) is 0.286. The number of pyridine rings is 1. The Bertz CT molecular complexity index is 1020. The van der Waals surface area contributed by atoms with Crippen LogP contribution in [0.1, 0.15) is 24.2 Å². The van der Waals surface area contributed by atoms with Crippen LogP contribution in [0.3, 0.4) is 0 Å². The van der Waals surface area contributed by atoms with Gasteiger partial charge in [0.2, 0.25) is 5.91 Å². The fourth-order valence-electron chi connectivity index (χ4n) is 3.39. The lowest BCUT2D eigenvalue weighted by Crippen LogP contribution is -2.60. The van der Waals surface area contributed by atoms with Crippen LogP contribution in [0.5, 0.6) is 0 Å². The van der Waals surface area contributed by atoms with E-state index in [9.17, 15) is 24.9 Å². The Balaban J connectivity index is 1.84. The molecule has 0 saturated carbocycles. The Morgan fingerprint density at radius 1 is 1.20 bits per heavy atom. The summed E-state index contributed by atoms with van der Waals surface area (Å²) in [4.78, 5) is 31.7. The summed E-state index contributed by atoms with van der Waals surface area (Å²) in [7, 11) is 0. The van der Waals surface area contributed by atoms with Gasteiger partial charge < -0.3 is 30.9 Å². The van der Waals surface area contributed by atoms with Gasteiger partial charge in [-0.15, -0.1) is 0 Å². The second kappa shape index (κ2) is 8.93. The first-order valence-corrected chi connectivity index (χ1v) is 9.41. The van der Waals surface area contributed by atoms with E-state index >= 15 is 0 Å². The molecular formula is C21H24N4O5. The van der Waals surface area contributed by atoms with E-state index in [4.69, 9.17) is 0 Å². The standard InChI is InChI=1S/C21H24N4O5/c1-21(25-20(29)30,10-14-11-23-18-15(14)8-5-9-22-18)19(28)24-16(12-26)17(27)13-6-3-2-4-7-13/h2-9,11,16-17,25-27H,10,12H2,1H3,(H,22,23)(H,24,28)(H,29,30). The van der Waals surface area contributed by atoms with Gasteiger partial charge in [0.1, 0.15) is 17.3 Å². The van der Waals surface area contributed by atoms with Gasteiger partial charge in [0.05, 0.1) is 12.6 Å². The van der Waals surface area contributed by atoms with Crippen LogP contribution in [0, 0.1) is 0 Å². The summed E-state index contributed by atoms with van der Waals surface area (Å²) in [6, 6.07) is 11.2. The molecule has 2 aromatic heterocycles. The highest BCUT2D eigenvalue weighted by Crippen LogP contribution is 2.23. The van der Waals surface area contributed by atoms with Gasteiger partial charge in [-0.2, -0.15) is 0 Å². The molecule has 2 amide bonds. The number of carboxylic acid groups (broad SMARTS) is 1. The number of amides is 2. The number of aliphatic hydroxyl groups excluding tert-OH is 2. The molecule has 158 valence electrons. The van der Waals surface area contributed by atoms with E-state index in [1.54, 1.807) is 48.8 Å². The van der Waals surface area contributed by atoms with E-state index in [0.717, 1.165) is 5.39 Å². The minimum atomic E-state index is -1.55. The summed E-state index contributed by atoms with van der Waals surface area (Å²) in [6.45, 7) is 0.928. The van der Waals surface area contributed by atoms with Crippen molar-refractivity contribution in [2.45, 2.75) is 31.0 Å². The molecule has 0 aliphatic carbocycles. The highest BCUT2D eigenvalue weighted by molar-refractivity contribution is 5.91. The number of benzene rings is 1. The average Bonchev–Trinajstić information content (AvgIpc) is 3.14. The van der Waals surface area contributed by atoms with Crippen LogP contribution in [-0.2, 0) is 11.2 Å². The summed E-state index contributed by atoms with van der Waals surface area (Å²) >= 11 is 0. The number of carbonyl (C=O) groups excluding carboxylic acids is 1. The minimum Gasteiger partial charge on any atom is -0.465 e. The predicted octanol–water partition coefficient (Wildman–Crippen LogP) is 1.34. The number of H-pyrrole nitrogens is 1. The molecule has 0 saturated heterocycles. The first-order chi connectivity index (χ1) is 14.3. The third-order valence-electron chi connectivity index (χ3n) is 5.00. The van der Waals surface area contributed by atoms with Gasteiger partial charge >= 0.3 is 6.09 Å². The van der Waals surface area contributed by atoms with E-state index in [1.165, 1.54) is 6.92 Å². The lowest BCUT2D eigenvalue weighted by Gasteiger charge is -2.31. The molecule has 3 aromatic rings. The van der Waals surface area contributed by atoms with Crippen molar-refractivity contribution in [2.75, 3.05) is 6.61 Å². The second-order valence-corrected chi connectivity index (χ2v) is 7.27. The van der Waals surface area contributed by atoms with E-state index in [0.29, 0.717) is 16.8 Å². The summed E-state index contributed by atoms with van der Waals surface area (Å²) in [5.41, 5.74) is 0.292. The smallest absolute Gasteiger partial charge is 0.405 e. The van der Waals surface area contributed by atoms with Crippen LogP contribution >= 0.6 is 0 Å². The molecule has 3 atom stereocenters. The van der Waals surface area contributed by atoms with Crippen molar-refractivity contribution in [3.8, 4) is 0 Å². The highest BCUT2D eigenvalue weighted by atomic mass is 16.4. The number of rotatable bonds is 8. The van der Waals surface area contributed by atoms with Crippen LogP contribution in [0.25, 0.3) is 11.0 Å². The molecule has 3 unspecified atom stereocenters. The van der Waals surface area contributed by atoms with Crippen LogP contribution in [0.4, 0.5) is 4.79 Å². The van der Waals surface area contributed by atoms with Crippen LogP contribution in [0.2, 0.25) is 0 Å². The third kappa shape index (κ3) is 4.58. The molecule has 6 N–H and O–H groups in total. The maximum absolute atomic E-state index is 13.1. The first kappa shape index (κ1) is 21.3. The van der Waals surface area contributed by atoms with Crippen molar-refractivity contribution in [1.29, 1.82) is 0 Å². The zero-order chi connectivity index (χ0) is 21.7. The van der Waals surface area contributed by atoms with E-state index in [1.807, 2.05) is 6.07 Å². The lowest BCUT2D eigenvalue weighted by molar-refractivity contribution is -0.129. The Hall–Kier alpha value is -3.43. The van der Waals surface area contributed by atoms with Gasteiger partial charge in [-0.05, 0) is 30.2 Å². The molecule has 0 fully saturated rings. The summed E-state index contributed by atoms with van der Waals surface area (Å²) < 4.78 is 0. The van der Waals surface area contributed by atoms with E-state index in [-0.39, 0.29) is 6.42 Å². The van der Waals surface area contributed by atoms with Crippen LogP contribution in [0.15, 0.2) is 54.9 Å². The van der Waals surface area contributed by atoms with Crippen LogP contribution < -0.4 is 10.6 Å². The molecule has 0 bridgehead atoms. The molecule has 3 rings (SSSR count). The lowest BCUT2D eigenvalue weighted by atomic mass is 9.91. The van der Waals surface area contributed by atoms with Crippen molar-refractivity contribution >= 4 is 23.0 Å². The number of aliphatic hydroxyl groups is 2. The molecule has 1 aromatic carbocycles. The molecule has 9 nitrogen and oxygen atoms in total. The molecule has 0 aliphatic heterocycles. The average molecular weight is 412 g/mol. The first-order valence-electron chi connectivity index (χ1n) is 9.41. The second-order valence-electron chi connectivity index (χ2n) is 7.27. The van der Waals surface area contributed by atoms with Gasteiger partial charge in [0, 0.05) is 24.2 Å². The number of fused-ring (bicyclic) bond motifs is 1. The SMILES string of the molecule is CC(Cc1c[nH]c2ncccc12)(NC(=O)O)C(=O)NC(CO)C(O)c1ccccc1. The molecule has 0 radical (unpaired) electrons. The summed E-state index contributed by atoms with van der Waals surface area (Å²) in [5.74, 6) is -0.669. The summed E-state index contributed by atoms with van der Waals surface area (Å²) in [6.07, 6.45) is 0.813. The van der Waals surface area contributed by atoms with Crippen molar-refractivity contribution in [3.63, 3.8) is 0 Å². The monoisotopic (exact) mass is 412 g/mol. The maximum Gasteiger partial charge on any atom is 0.405 e. The molecule has 30 heavy (non-hydrogen) atoms. The summed E-state index contributed by atoms with van der Waals surface area (Å²) in [5, 5.41) is 35.2. The van der Waals surface area contributed by atoms with E-state index in [2.05, 4.69) is 20.6 Å². The van der Waals surface area contributed by atoms with Gasteiger partial charge in [-0.3, -0.25) is 4.79 Å². The predicted molar refractivity (Wildman–Crippen MR) is 110 cm³/mol. The largest absolute Gasteiger partial charge is 0.465 e. The van der Waals surface area contributed by atoms with E-state index < -0.39 is 36.3 Å². The number of aromatic amines is 1. The quantitative estimate of drug-likeness (QED) is 0.329. The Morgan fingerprint density at radius 2 is 1.93 bits per heavy atom. The Labute approximate surface area is 172 Å². The van der Waals surface area contributed by atoms with Gasteiger partial charge in [0.25, 0.3) is 0 Å². The van der Waals surface area contributed by atoms with Crippen molar-refractivity contribution in [2.24, 2.45) is 0 Å². The fourth-order valence-corrected chi connectivity index (χ4v) is 3.39. The zero-order valence-electron chi connectivity index (χ0n) is 16.4. The van der Waals surface area contributed by atoms with Crippen molar-refractivity contribution in [3.05, 3.63) is 66.0 Å². The number of aromatic nitrogens is 2.